The number of carbonyl (C=O) groups is 3. The van der Waals surface area contributed by atoms with E-state index in [2.05, 4.69) is 34.9 Å². The normalized spacial score (nSPS) is 20.1. The number of carboxylic acid groups (broad SMARTS) is 1. The molecule has 3 atom stereocenters. The van der Waals surface area contributed by atoms with Gasteiger partial charge in [0.1, 0.15) is 12.6 Å². The zero-order valence-corrected chi connectivity index (χ0v) is 20.2. The standard InChI is InChI=1S/C28H34N2O5/c1-2-10-25(27(32)33)29-26(31)22-15-4-3-5-16-24(22)30-28(34)35-17-23-20-13-8-6-11-18(20)19-12-7-9-14-21(19)23/h6-9,11-14,22-25H,2-5,10,15-17H2,1H3,(H,29,31)(H,30,34)(H,32,33)/t22?,24?,25-/m0/s1. The van der Waals surface area contributed by atoms with Crippen molar-refractivity contribution in [1.82, 2.24) is 10.6 Å². The fourth-order valence-corrected chi connectivity index (χ4v) is 5.41. The second kappa shape index (κ2) is 11.4. The highest BCUT2D eigenvalue weighted by molar-refractivity contribution is 5.86. The Balaban J connectivity index is 1.41. The number of rotatable bonds is 8. The molecule has 0 aliphatic heterocycles. The summed E-state index contributed by atoms with van der Waals surface area (Å²) in [4.78, 5) is 37.4. The summed E-state index contributed by atoms with van der Waals surface area (Å²) in [5.74, 6) is -1.85. The van der Waals surface area contributed by atoms with Crippen LogP contribution in [-0.2, 0) is 14.3 Å². The molecule has 35 heavy (non-hydrogen) atoms. The van der Waals surface area contributed by atoms with Gasteiger partial charge in [-0.15, -0.1) is 0 Å². The Kier molecular flexibility index (Phi) is 8.06. The second-order valence-corrected chi connectivity index (χ2v) is 9.51. The van der Waals surface area contributed by atoms with Gasteiger partial charge in [-0.2, -0.15) is 0 Å². The highest BCUT2D eigenvalue weighted by atomic mass is 16.5. The molecule has 2 aromatic rings. The third-order valence-electron chi connectivity index (χ3n) is 7.19. The lowest BCUT2D eigenvalue weighted by molar-refractivity contribution is -0.142. The molecule has 0 aromatic heterocycles. The molecule has 1 fully saturated rings. The minimum Gasteiger partial charge on any atom is -0.480 e. The molecule has 0 bridgehead atoms. The van der Waals surface area contributed by atoms with Gasteiger partial charge >= 0.3 is 12.1 Å². The summed E-state index contributed by atoms with van der Waals surface area (Å²) in [5.41, 5.74) is 4.61. The van der Waals surface area contributed by atoms with Crippen molar-refractivity contribution in [2.45, 2.75) is 69.9 Å². The number of amides is 2. The fraction of sp³-hybridized carbons (Fsp3) is 0.464. The van der Waals surface area contributed by atoms with Crippen LogP contribution in [0.3, 0.4) is 0 Å². The first kappa shape index (κ1) is 24.8. The first-order valence-electron chi connectivity index (χ1n) is 12.6. The van der Waals surface area contributed by atoms with Crippen LogP contribution >= 0.6 is 0 Å². The lowest BCUT2D eigenvalue weighted by Gasteiger charge is -2.27. The zero-order chi connectivity index (χ0) is 24.8. The van der Waals surface area contributed by atoms with Gasteiger partial charge < -0.3 is 20.5 Å². The number of aliphatic carboxylic acids is 1. The smallest absolute Gasteiger partial charge is 0.407 e. The maximum absolute atomic E-state index is 13.0. The number of carboxylic acids is 1. The Labute approximate surface area is 206 Å². The summed E-state index contributed by atoms with van der Waals surface area (Å²) in [5, 5.41) is 15.0. The van der Waals surface area contributed by atoms with Gasteiger partial charge in [-0.25, -0.2) is 9.59 Å². The first-order valence-corrected chi connectivity index (χ1v) is 12.6. The van der Waals surface area contributed by atoms with Crippen LogP contribution in [0.5, 0.6) is 0 Å². The van der Waals surface area contributed by atoms with Gasteiger partial charge in [0, 0.05) is 12.0 Å². The molecule has 0 heterocycles. The quantitative estimate of drug-likeness (QED) is 0.471. The van der Waals surface area contributed by atoms with Crippen LogP contribution in [-0.4, -0.2) is 41.8 Å². The van der Waals surface area contributed by atoms with E-state index >= 15 is 0 Å². The molecular weight excluding hydrogens is 444 g/mol. The maximum atomic E-state index is 13.0. The summed E-state index contributed by atoms with van der Waals surface area (Å²) >= 11 is 0. The number of fused-ring (bicyclic) bond motifs is 3. The van der Waals surface area contributed by atoms with E-state index in [0.717, 1.165) is 41.5 Å². The first-order chi connectivity index (χ1) is 17.0. The van der Waals surface area contributed by atoms with Crippen LogP contribution in [0.25, 0.3) is 11.1 Å². The van der Waals surface area contributed by atoms with Crippen LogP contribution in [0, 0.1) is 5.92 Å². The number of benzene rings is 2. The molecule has 1 saturated carbocycles. The number of alkyl carbamates (subject to hydrolysis) is 1. The highest BCUT2D eigenvalue weighted by Crippen LogP contribution is 2.44. The van der Waals surface area contributed by atoms with Crippen molar-refractivity contribution >= 4 is 18.0 Å². The van der Waals surface area contributed by atoms with Crippen LogP contribution in [0.2, 0.25) is 0 Å². The molecule has 4 rings (SSSR count). The van der Waals surface area contributed by atoms with Crippen molar-refractivity contribution in [2.24, 2.45) is 5.92 Å². The van der Waals surface area contributed by atoms with Gasteiger partial charge in [-0.1, -0.05) is 81.1 Å². The molecular formula is C28H34N2O5. The van der Waals surface area contributed by atoms with Crippen molar-refractivity contribution in [1.29, 1.82) is 0 Å². The molecule has 186 valence electrons. The summed E-state index contributed by atoms with van der Waals surface area (Å²) < 4.78 is 5.69. The summed E-state index contributed by atoms with van der Waals surface area (Å²) in [6.07, 6.45) is 4.50. The number of carbonyl (C=O) groups excluding carboxylic acids is 2. The Morgan fingerprint density at radius 3 is 2.23 bits per heavy atom. The lowest BCUT2D eigenvalue weighted by Crippen LogP contribution is -2.50. The summed E-state index contributed by atoms with van der Waals surface area (Å²) in [7, 11) is 0. The van der Waals surface area contributed by atoms with Gasteiger partial charge in [0.15, 0.2) is 0 Å². The Hall–Kier alpha value is -3.35. The predicted molar refractivity (Wildman–Crippen MR) is 133 cm³/mol. The SMILES string of the molecule is CCC[C@H](NC(=O)C1CCCCCC1NC(=O)OCC1c2ccccc2-c2ccccc21)C(=O)O. The van der Waals surface area contributed by atoms with Crippen LogP contribution in [0.15, 0.2) is 48.5 Å². The molecule has 0 spiro atoms. The van der Waals surface area contributed by atoms with Gasteiger partial charge in [-0.05, 0) is 41.5 Å². The third kappa shape index (κ3) is 5.66. The molecule has 0 radical (unpaired) electrons. The van der Waals surface area contributed by atoms with E-state index in [0.29, 0.717) is 25.7 Å². The molecule has 2 amide bonds. The van der Waals surface area contributed by atoms with E-state index in [4.69, 9.17) is 4.74 Å². The van der Waals surface area contributed by atoms with E-state index < -0.39 is 24.0 Å². The van der Waals surface area contributed by atoms with Crippen molar-refractivity contribution in [3.05, 3.63) is 59.7 Å². The fourth-order valence-electron chi connectivity index (χ4n) is 5.41. The minimum atomic E-state index is -1.03. The van der Waals surface area contributed by atoms with Crippen LogP contribution < -0.4 is 10.6 Å². The van der Waals surface area contributed by atoms with E-state index in [-0.39, 0.29) is 24.5 Å². The second-order valence-electron chi connectivity index (χ2n) is 9.51. The van der Waals surface area contributed by atoms with Crippen molar-refractivity contribution in [2.75, 3.05) is 6.61 Å². The molecule has 7 heteroatoms. The van der Waals surface area contributed by atoms with Gasteiger partial charge in [-0.3, -0.25) is 4.79 Å². The van der Waals surface area contributed by atoms with Gasteiger partial charge in [0.05, 0.1) is 5.92 Å². The van der Waals surface area contributed by atoms with E-state index in [1.165, 1.54) is 0 Å². The van der Waals surface area contributed by atoms with Gasteiger partial charge in [0.25, 0.3) is 0 Å². The third-order valence-corrected chi connectivity index (χ3v) is 7.19. The van der Waals surface area contributed by atoms with Crippen molar-refractivity contribution in [3.8, 4) is 11.1 Å². The number of ether oxygens (including phenoxy) is 1. The monoisotopic (exact) mass is 478 g/mol. The molecule has 7 nitrogen and oxygen atoms in total. The number of hydrogen-bond donors (Lipinski definition) is 3. The predicted octanol–water partition coefficient (Wildman–Crippen LogP) is 4.84. The lowest BCUT2D eigenvalue weighted by atomic mass is 9.93. The molecule has 2 unspecified atom stereocenters. The molecule has 2 aliphatic rings. The topological polar surface area (TPSA) is 105 Å². The average Bonchev–Trinajstić information content (AvgIpc) is 2.98. The zero-order valence-electron chi connectivity index (χ0n) is 20.2. The van der Waals surface area contributed by atoms with Crippen molar-refractivity contribution < 1.29 is 24.2 Å². The Morgan fingerprint density at radius 2 is 1.60 bits per heavy atom. The van der Waals surface area contributed by atoms with Crippen LogP contribution in [0.1, 0.15) is 68.9 Å². The van der Waals surface area contributed by atoms with E-state index in [1.807, 2.05) is 31.2 Å². The molecule has 0 saturated heterocycles. The molecule has 2 aromatic carbocycles. The largest absolute Gasteiger partial charge is 0.480 e. The number of nitrogens with one attached hydrogen (secondary N) is 2. The summed E-state index contributed by atoms with van der Waals surface area (Å²) in [6.45, 7) is 2.09. The molecule has 2 aliphatic carbocycles. The van der Waals surface area contributed by atoms with Crippen molar-refractivity contribution in [3.63, 3.8) is 0 Å². The molecule has 3 N–H and O–H groups in total. The Morgan fingerprint density at radius 1 is 0.971 bits per heavy atom. The van der Waals surface area contributed by atoms with E-state index in [1.54, 1.807) is 0 Å². The maximum Gasteiger partial charge on any atom is 0.407 e. The van der Waals surface area contributed by atoms with Crippen LogP contribution in [0.4, 0.5) is 4.79 Å². The minimum absolute atomic E-state index is 0.0354. The van der Waals surface area contributed by atoms with E-state index in [9.17, 15) is 19.5 Å². The Bertz CT molecular complexity index is 1020. The summed E-state index contributed by atoms with van der Waals surface area (Å²) in [6, 6.07) is 15.0. The number of hydrogen-bond acceptors (Lipinski definition) is 4. The van der Waals surface area contributed by atoms with Gasteiger partial charge in [0.2, 0.25) is 5.91 Å². The highest BCUT2D eigenvalue weighted by Gasteiger charge is 2.34. The average molecular weight is 479 g/mol.